The second-order valence-corrected chi connectivity index (χ2v) is 8.13. The molecule has 174 valence electrons. The van der Waals surface area contributed by atoms with Crippen LogP contribution in [0.5, 0.6) is 5.75 Å². The van der Waals surface area contributed by atoms with Gasteiger partial charge in [0, 0.05) is 30.4 Å². The van der Waals surface area contributed by atoms with E-state index < -0.39 is 5.91 Å². The van der Waals surface area contributed by atoms with Crippen LogP contribution in [0, 0.1) is 12.3 Å². The van der Waals surface area contributed by atoms with Gasteiger partial charge in [-0.2, -0.15) is 0 Å². The minimum absolute atomic E-state index is 0.252. The van der Waals surface area contributed by atoms with Gasteiger partial charge in [-0.3, -0.25) is 15.0 Å². The van der Waals surface area contributed by atoms with E-state index in [0.29, 0.717) is 23.0 Å². The zero-order chi connectivity index (χ0) is 24.1. The molecule has 8 heteroatoms. The predicted molar refractivity (Wildman–Crippen MR) is 132 cm³/mol. The van der Waals surface area contributed by atoms with Crippen molar-refractivity contribution in [3.05, 3.63) is 83.0 Å². The number of amides is 2. The van der Waals surface area contributed by atoms with Gasteiger partial charge < -0.3 is 20.3 Å². The molecule has 2 amide bonds. The highest BCUT2D eigenvalue weighted by atomic mass is 16.5. The van der Waals surface area contributed by atoms with Crippen molar-refractivity contribution in [3.8, 4) is 5.75 Å². The molecule has 2 aromatic carbocycles. The Morgan fingerprint density at radius 3 is 2.29 bits per heavy atom. The molecule has 4 rings (SSSR count). The fourth-order valence-corrected chi connectivity index (χ4v) is 3.83. The number of ether oxygens (including phenoxy) is 1. The van der Waals surface area contributed by atoms with Gasteiger partial charge in [-0.15, -0.1) is 0 Å². The van der Waals surface area contributed by atoms with Crippen LogP contribution in [0.15, 0.2) is 60.8 Å². The van der Waals surface area contributed by atoms with Gasteiger partial charge in [0.15, 0.2) is 0 Å². The SMILES string of the molecule is COc1cccc(C(=O)Nc2ccc(C)cn2)c1NC(=O)c1ccc(C(=N)N2CCCC2)cc1. The van der Waals surface area contributed by atoms with Crippen LogP contribution in [0.25, 0.3) is 0 Å². The van der Waals surface area contributed by atoms with Gasteiger partial charge in [-0.1, -0.05) is 24.3 Å². The standard InChI is InChI=1S/C26H27N5O3/c1-17-8-13-22(28-16-17)29-26(33)20-6-5-7-21(34-2)23(20)30-25(32)19-11-9-18(10-12-19)24(27)31-14-3-4-15-31/h5-13,16,27H,3-4,14-15H2,1-2H3,(H,30,32)(H,28,29,33). The van der Waals surface area contributed by atoms with Crippen molar-refractivity contribution in [1.82, 2.24) is 9.88 Å². The number of methoxy groups -OCH3 is 1. The highest BCUT2D eigenvalue weighted by Crippen LogP contribution is 2.29. The Labute approximate surface area is 198 Å². The van der Waals surface area contributed by atoms with E-state index in [-0.39, 0.29) is 17.2 Å². The molecule has 1 aromatic heterocycles. The Bertz CT molecular complexity index is 1200. The Morgan fingerprint density at radius 1 is 0.941 bits per heavy atom. The molecule has 34 heavy (non-hydrogen) atoms. The minimum atomic E-state index is -0.417. The molecule has 8 nitrogen and oxygen atoms in total. The summed E-state index contributed by atoms with van der Waals surface area (Å²) in [5.41, 5.74) is 2.68. The van der Waals surface area contributed by atoms with Crippen molar-refractivity contribution in [2.75, 3.05) is 30.8 Å². The predicted octanol–water partition coefficient (Wildman–Crippen LogP) is 4.32. The maximum atomic E-state index is 13.0. The molecule has 0 radical (unpaired) electrons. The topological polar surface area (TPSA) is 107 Å². The number of aryl methyl sites for hydroxylation is 1. The summed E-state index contributed by atoms with van der Waals surface area (Å²) in [6.07, 6.45) is 3.85. The molecule has 1 fully saturated rings. The number of carbonyl (C=O) groups is 2. The third-order valence-corrected chi connectivity index (χ3v) is 5.73. The molecular weight excluding hydrogens is 430 g/mol. The Kier molecular flexibility index (Phi) is 6.87. The zero-order valence-electron chi connectivity index (χ0n) is 19.2. The molecule has 1 aliphatic heterocycles. The van der Waals surface area contributed by atoms with Gasteiger partial charge in [-0.25, -0.2) is 4.98 Å². The maximum Gasteiger partial charge on any atom is 0.259 e. The summed E-state index contributed by atoms with van der Waals surface area (Å²) < 4.78 is 5.40. The minimum Gasteiger partial charge on any atom is -0.495 e. The van der Waals surface area contributed by atoms with E-state index in [1.807, 2.05) is 17.9 Å². The monoisotopic (exact) mass is 457 g/mol. The first-order valence-electron chi connectivity index (χ1n) is 11.1. The molecule has 1 aliphatic rings. The third kappa shape index (κ3) is 5.06. The van der Waals surface area contributed by atoms with Crippen LogP contribution in [-0.2, 0) is 0 Å². The van der Waals surface area contributed by atoms with Gasteiger partial charge in [0.1, 0.15) is 17.4 Å². The smallest absolute Gasteiger partial charge is 0.259 e. The summed E-state index contributed by atoms with van der Waals surface area (Å²) in [6.45, 7) is 3.69. The molecule has 0 saturated carbocycles. The van der Waals surface area contributed by atoms with E-state index in [1.165, 1.54) is 7.11 Å². The number of anilines is 2. The van der Waals surface area contributed by atoms with Gasteiger partial charge in [0.2, 0.25) is 0 Å². The van der Waals surface area contributed by atoms with Crippen molar-refractivity contribution in [3.63, 3.8) is 0 Å². The second-order valence-electron chi connectivity index (χ2n) is 8.13. The lowest BCUT2D eigenvalue weighted by atomic mass is 10.1. The number of pyridine rings is 1. The van der Waals surface area contributed by atoms with Crippen molar-refractivity contribution < 1.29 is 14.3 Å². The number of carbonyl (C=O) groups excluding carboxylic acids is 2. The lowest BCUT2D eigenvalue weighted by molar-refractivity contribution is 0.102. The van der Waals surface area contributed by atoms with Crippen LogP contribution in [0.4, 0.5) is 11.5 Å². The Morgan fingerprint density at radius 2 is 1.65 bits per heavy atom. The van der Waals surface area contributed by atoms with E-state index in [0.717, 1.165) is 37.1 Å². The van der Waals surface area contributed by atoms with Crippen LogP contribution in [0.1, 0.15) is 44.7 Å². The van der Waals surface area contributed by atoms with Gasteiger partial charge in [0.05, 0.1) is 18.4 Å². The van der Waals surface area contributed by atoms with Crippen molar-refractivity contribution >= 4 is 29.2 Å². The van der Waals surface area contributed by atoms with Crippen molar-refractivity contribution in [2.24, 2.45) is 0 Å². The van der Waals surface area contributed by atoms with E-state index >= 15 is 0 Å². The molecule has 0 spiro atoms. The zero-order valence-corrected chi connectivity index (χ0v) is 19.2. The van der Waals surface area contributed by atoms with E-state index in [2.05, 4.69) is 15.6 Å². The van der Waals surface area contributed by atoms with E-state index in [1.54, 1.807) is 54.7 Å². The molecule has 2 heterocycles. The van der Waals surface area contributed by atoms with Crippen LogP contribution in [0.3, 0.4) is 0 Å². The average Bonchev–Trinajstić information content (AvgIpc) is 3.40. The summed E-state index contributed by atoms with van der Waals surface area (Å²) in [5, 5.41) is 13.9. The average molecular weight is 458 g/mol. The van der Waals surface area contributed by atoms with Crippen molar-refractivity contribution in [2.45, 2.75) is 19.8 Å². The fraction of sp³-hybridized carbons (Fsp3) is 0.231. The normalized spacial score (nSPS) is 12.8. The molecule has 3 N–H and O–H groups in total. The summed E-state index contributed by atoms with van der Waals surface area (Å²) >= 11 is 0. The van der Waals surface area contributed by atoms with Crippen LogP contribution >= 0.6 is 0 Å². The Balaban J connectivity index is 1.53. The molecule has 0 bridgehead atoms. The van der Waals surface area contributed by atoms with Crippen LogP contribution < -0.4 is 15.4 Å². The number of hydrogen-bond donors (Lipinski definition) is 3. The summed E-state index contributed by atoms with van der Waals surface area (Å²) in [6, 6.07) is 15.4. The fourth-order valence-electron chi connectivity index (χ4n) is 3.83. The van der Waals surface area contributed by atoms with E-state index in [4.69, 9.17) is 10.1 Å². The molecule has 3 aromatic rings. The Hall–Kier alpha value is -4.20. The first-order chi connectivity index (χ1) is 16.5. The highest BCUT2D eigenvalue weighted by molar-refractivity contribution is 6.13. The first-order valence-corrected chi connectivity index (χ1v) is 11.1. The number of benzene rings is 2. The molecule has 0 unspecified atom stereocenters. The van der Waals surface area contributed by atoms with Gasteiger partial charge in [-0.05, 0) is 55.7 Å². The summed E-state index contributed by atoms with van der Waals surface area (Å²) in [5.74, 6) is 0.445. The van der Waals surface area contributed by atoms with Crippen molar-refractivity contribution in [1.29, 1.82) is 5.41 Å². The summed E-state index contributed by atoms with van der Waals surface area (Å²) in [7, 11) is 1.48. The number of aromatic nitrogens is 1. The largest absolute Gasteiger partial charge is 0.495 e. The number of nitrogens with zero attached hydrogens (tertiary/aromatic N) is 2. The molecule has 0 atom stereocenters. The van der Waals surface area contributed by atoms with E-state index in [9.17, 15) is 9.59 Å². The number of para-hydroxylation sites is 1. The first kappa shape index (κ1) is 23.0. The lowest BCUT2D eigenvalue weighted by Gasteiger charge is -2.18. The molecule has 1 saturated heterocycles. The molecular formula is C26H27N5O3. The number of likely N-dealkylation sites (tertiary alicyclic amines) is 1. The van der Waals surface area contributed by atoms with Crippen LogP contribution in [0.2, 0.25) is 0 Å². The number of hydrogen-bond acceptors (Lipinski definition) is 5. The lowest BCUT2D eigenvalue weighted by Crippen LogP contribution is -2.27. The maximum absolute atomic E-state index is 13.0. The van der Waals surface area contributed by atoms with Gasteiger partial charge >= 0.3 is 0 Å². The third-order valence-electron chi connectivity index (χ3n) is 5.73. The summed E-state index contributed by atoms with van der Waals surface area (Å²) in [4.78, 5) is 32.2. The second kappa shape index (κ2) is 10.2. The number of nitrogens with one attached hydrogen (secondary N) is 3. The number of amidine groups is 1. The molecule has 0 aliphatic carbocycles. The highest BCUT2D eigenvalue weighted by Gasteiger charge is 2.20. The number of rotatable bonds is 6. The quantitative estimate of drug-likeness (QED) is 0.377. The van der Waals surface area contributed by atoms with Crippen LogP contribution in [-0.4, -0.2) is 47.7 Å². The van der Waals surface area contributed by atoms with Gasteiger partial charge in [0.25, 0.3) is 11.8 Å².